The molecule has 0 saturated carbocycles. The monoisotopic (exact) mass is 370 g/mol. The first-order chi connectivity index (χ1) is 12.6. The summed E-state index contributed by atoms with van der Waals surface area (Å²) < 4.78 is 11.6. The lowest BCUT2D eigenvalue weighted by molar-refractivity contribution is -0.737. The van der Waals surface area contributed by atoms with Gasteiger partial charge < -0.3 is 14.8 Å². The van der Waals surface area contributed by atoms with Crippen molar-refractivity contribution < 1.29 is 14.8 Å². The Balaban J connectivity index is 2.02. The Morgan fingerprint density at radius 2 is 1.63 bits per heavy atom. The van der Waals surface area contributed by atoms with Crippen LogP contribution in [0.1, 0.15) is 57.7 Å². The second-order valence-corrected chi connectivity index (χ2v) is 9.33. The molecule has 2 N–H and O–H groups in total. The molecule has 2 rings (SSSR count). The van der Waals surface area contributed by atoms with E-state index in [4.69, 9.17) is 9.47 Å². The zero-order chi connectivity index (χ0) is 20.1. The Hall–Kier alpha value is -2.00. The molecule has 0 heterocycles. The maximum atomic E-state index is 6.03. The molecule has 3 nitrogen and oxygen atoms in total. The smallest absolute Gasteiger partial charge is 0.161 e. The molecule has 0 aromatic heterocycles. The van der Waals surface area contributed by atoms with Gasteiger partial charge in [0.1, 0.15) is 13.2 Å². The molecule has 0 aliphatic rings. The topological polar surface area (TPSA) is 35.1 Å². The number of aryl methyl sites for hydroxylation is 1. The molecular weight excluding hydrogens is 334 g/mol. The Kier molecular flexibility index (Phi) is 6.94. The molecular formula is C24H36NO2+. The summed E-state index contributed by atoms with van der Waals surface area (Å²) in [6.45, 7) is 15.1. The summed E-state index contributed by atoms with van der Waals surface area (Å²) in [5.74, 6) is 1.58. The number of hydrogen-bond acceptors (Lipinski definition) is 2. The van der Waals surface area contributed by atoms with Crippen LogP contribution in [0.3, 0.4) is 0 Å². The van der Waals surface area contributed by atoms with E-state index in [2.05, 4.69) is 71.1 Å². The second kappa shape index (κ2) is 8.79. The zero-order valence-electron chi connectivity index (χ0n) is 18.1. The summed E-state index contributed by atoms with van der Waals surface area (Å²) in [4.78, 5) is 0. The van der Waals surface area contributed by atoms with Gasteiger partial charge in [0.25, 0.3) is 0 Å². The van der Waals surface area contributed by atoms with Crippen LogP contribution >= 0.6 is 0 Å². The maximum Gasteiger partial charge on any atom is 0.161 e. The zero-order valence-corrected chi connectivity index (χ0v) is 18.1. The van der Waals surface area contributed by atoms with Gasteiger partial charge in [-0.15, -0.1) is 0 Å². The van der Waals surface area contributed by atoms with Crippen LogP contribution in [0, 0.1) is 12.3 Å². The summed E-state index contributed by atoms with van der Waals surface area (Å²) in [5, 5.41) is 2.42. The Morgan fingerprint density at radius 3 is 2.26 bits per heavy atom. The van der Waals surface area contributed by atoms with Crippen molar-refractivity contribution >= 4 is 0 Å². The molecule has 2 aromatic rings. The first-order valence-electron chi connectivity index (χ1n) is 9.78. The fourth-order valence-electron chi connectivity index (χ4n) is 3.72. The predicted molar refractivity (Wildman–Crippen MR) is 112 cm³/mol. The minimum absolute atomic E-state index is 0.200. The van der Waals surface area contributed by atoms with Gasteiger partial charge in [-0.3, -0.25) is 0 Å². The van der Waals surface area contributed by atoms with Gasteiger partial charge in [-0.25, -0.2) is 0 Å². The third-order valence-electron chi connectivity index (χ3n) is 4.75. The molecule has 0 fully saturated rings. The van der Waals surface area contributed by atoms with Gasteiger partial charge in [0, 0.05) is 12.0 Å². The lowest BCUT2D eigenvalue weighted by Gasteiger charge is -2.30. The fraction of sp³-hybridized carbons (Fsp3) is 0.500. The van der Waals surface area contributed by atoms with Crippen molar-refractivity contribution in [3.8, 4) is 11.5 Å². The molecule has 0 bridgehead atoms. The number of methoxy groups -OCH3 is 1. The third kappa shape index (κ3) is 6.91. The highest BCUT2D eigenvalue weighted by Crippen LogP contribution is 2.29. The molecule has 2 aromatic carbocycles. The van der Waals surface area contributed by atoms with E-state index in [1.807, 2.05) is 18.2 Å². The van der Waals surface area contributed by atoms with E-state index < -0.39 is 0 Å². The number of nitrogens with two attached hydrogens (primary N) is 1. The van der Waals surface area contributed by atoms with Crippen LogP contribution in [-0.4, -0.2) is 12.6 Å². The van der Waals surface area contributed by atoms with Crippen LogP contribution in [0.15, 0.2) is 42.5 Å². The Bertz CT molecular complexity index is 744. The quantitative estimate of drug-likeness (QED) is 0.720. The van der Waals surface area contributed by atoms with Gasteiger partial charge in [-0.1, -0.05) is 45.0 Å². The van der Waals surface area contributed by atoms with Crippen LogP contribution in [0.5, 0.6) is 11.5 Å². The lowest BCUT2D eigenvalue weighted by atomic mass is 9.82. The lowest BCUT2D eigenvalue weighted by Crippen LogP contribution is -2.94. The largest absolute Gasteiger partial charge is 0.493 e. The Morgan fingerprint density at radius 1 is 0.926 bits per heavy atom. The van der Waals surface area contributed by atoms with Crippen molar-refractivity contribution in [3.05, 3.63) is 59.2 Å². The van der Waals surface area contributed by atoms with Crippen molar-refractivity contribution in [1.82, 2.24) is 0 Å². The average molecular weight is 371 g/mol. The van der Waals surface area contributed by atoms with Crippen LogP contribution in [0.2, 0.25) is 0 Å². The number of hydrogen-bond donors (Lipinski definition) is 1. The van der Waals surface area contributed by atoms with E-state index in [1.165, 1.54) is 16.7 Å². The summed E-state index contributed by atoms with van der Waals surface area (Å²) in [5.41, 5.74) is 4.21. The van der Waals surface area contributed by atoms with Gasteiger partial charge in [-0.2, -0.15) is 0 Å². The molecule has 3 heteroatoms. The molecule has 0 unspecified atom stereocenters. The van der Waals surface area contributed by atoms with Gasteiger partial charge in [0.15, 0.2) is 11.5 Å². The van der Waals surface area contributed by atoms with Crippen molar-refractivity contribution in [2.75, 3.05) is 7.11 Å². The van der Waals surface area contributed by atoms with E-state index >= 15 is 0 Å². The van der Waals surface area contributed by atoms with Gasteiger partial charge in [-0.05, 0) is 55.5 Å². The van der Waals surface area contributed by atoms with Crippen LogP contribution in [0.4, 0.5) is 0 Å². The highest BCUT2D eigenvalue weighted by molar-refractivity contribution is 5.43. The minimum atomic E-state index is 0.200. The van der Waals surface area contributed by atoms with E-state index in [-0.39, 0.29) is 5.54 Å². The van der Waals surface area contributed by atoms with Gasteiger partial charge in [0.2, 0.25) is 0 Å². The minimum Gasteiger partial charge on any atom is -0.493 e. The first kappa shape index (κ1) is 21.3. The van der Waals surface area contributed by atoms with E-state index in [0.717, 1.165) is 24.5 Å². The predicted octanol–water partition coefficient (Wildman–Crippen LogP) is 4.86. The van der Waals surface area contributed by atoms with Crippen molar-refractivity contribution in [3.63, 3.8) is 0 Å². The van der Waals surface area contributed by atoms with E-state index in [1.54, 1.807) is 7.11 Å². The summed E-state index contributed by atoms with van der Waals surface area (Å²) >= 11 is 0. The SMILES string of the molecule is COc1cc(C[NH2+]C(C)(C)CC(C)(C)C)ccc1OCc1ccccc1C. The highest BCUT2D eigenvalue weighted by Gasteiger charge is 2.28. The van der Waals surface area contributed by atoms with E-state index in [0.29, 0.717) is 12.0 Å². The molecule has 27 heavy (non-hydrogen) atoms. The molecule has 0 radical (unpaired) electrons. The summed E-state index contributed by atoms with van der Waals surface area (Å²) in [6, 6.07) is 14.6. The van der Waals surface area contributed by atoms with Crippen LogP contribution < -0.4 is 14.8 Å². The normalized spacial score (nSPS) is 12.1. The summed E-state index contributed by atoms with van der Waals surface area (Å²) in [6.07, 6.45) is 1.16. The molecule has 0 amide bonds. The van der Waals surface area contributed by atoms with Crippen molar-refractivity contribution in [1.29, 1.82) is 0 Å². The van der Waals surface area contributed by atoms with Crippen molar-refractivity contribution in [2.24, 2.45) is 5.41 Å². The number of benzene rings is 2. The number of quaternary nitrogens is 1. The summed E-state index contributed by atoms with van der Waals surface area (Å²) in [7, 11) is 1.70. The first-order valence-corrected chi connectivity index (χ1v) is 9.78. The standard InChI is InChI=1S/C24H35NO2/c1-18-10-8-9-11-20(18)16-27-21-13-12-19(14-22(21)26-7)15-25-24(5,6)17-23(2,3)4/h8-14,25H,15-17H2,1-7H3/p+1. The van der Waals surface area contributed by atoms with Crippen LogP contribution in [-0.2, 0) is 13.2 Å². The molecule has 0 atom stereocenters. The van der Waals surface area contributed by atoms with Crippen LogP contribution in [0.25, 0.3) is 0 Å². The average Bonchev–Trinajstić information content (AvgIpc) is 2.57. The Labute approximate surface area is 165 Å². The fourth-order valence-corrected chi connectivity index (χ4v) is 3.72. The highest BCUT2D eigenvalue weighted by atomic mass is 16.5. The molecule has 148 valence electrons. The number of ether oxygens (including phenoxy) is 2. The van der Waals surface area contributed by atoms with E-state index in [9.17, 15) is 0 Å². The molecule has 0 saturated heterocycles. The molecule has 0 spiro atoms. The van der Waals surface area contributed by atoms with Gasteiger partial charge in [0.05, 0.1) is 12.6 Å². The van der Waals surface area contributed by atoms with Gasteiger partial charge >= 0.3 is 0 Å². The maximum absolute atomic E-state index is 6.03. The number of rotatable bonds is 8. The second-order valence-electron chi connectivity index (χ2n) is 9.33. The third-order valence-corrected chi connectivity index (χ3v) is 4.75. The molecule has 0 aliphatic heterocycles. The molecule has 0 aliphatic carbocycles. The van der Waals surface area contributed by atoms with Crippen molar-refractivity contribution in [2.45, 2.75) is 66.7 Å².